The molecule has 2 N–H and O–H groups in total. The van der Waals surface area contributed by atoms with Crippen molar-refractivity contribution in [1.82, 2.24) is 14.5 Å². The van der Waals surface area contributed by atoms with Crippen LogP contribution < -0.4 is 5.73 Å². The molecule has 0 radical (unpaired) electrons. The zero-order valence-corrected chi connectivity index (χ0v) is 20.9. The fourth-order valence-corrected chi connectivity index (χ4v) is 6.43. The average Bonchev–Trinajstić information content (AvgIpc) is 3.30. The molecule has 0 unspecified atom stereocenters. The van der Waals surface area contributed by atoms with E-state index in [1.165, 1.54) is 81.3 Å². The summed E-state index contributed by atoms with van der Waals surface area (Å²) in [4.78, 5) is 8.00. The summed E-state index contributed by atoms with van der Waals surface area (Å²) in [6.45, 7) is 7.68. The van der Waals surface area contributed by atoms with Crippen molar-refractivity contribution in [1.29, 1.82) is 0 Å². The summed E-state index contributed by atoms with van der Waals surface area (Å²) in [5.41, 5.74) is 12.2. The third kappa shape index (κ3) is 5.07. The summed E-state index contributed by atoms with van der Waals surface area (Å²) in [6, 6.07) is 7.74. The molecule has 1 aromatic carbocycles. The Hall–Kier alpha value is -1.65. The largest absolute Gasteiger partial charge is 0.332 e. The van der Waals surface area contributed by atoms with Crippen LogP contribution in [0.15, 0.2) is 24.4 Å². The number of benzene rings is 1. The Morgan fingerprint density at radius 2 is 1.82 bits per heavy atom. The zero-order valence-electron chi connectivity index (χ0n) is 20.9. The number of hydrogen-bond acceptors (Lipinski definition) is 3. The van der Waals surface area contributed by atoms with Gasteiger partial charge in [0, 0.05) is 37.4 Å². The van der Waals surface area contributed by atoms with E-state index in [1.54, 1.807) is 11.1 Å². The van der Waals surface area contributed by atoms with Crippen molar-refractivity contribution in [3.63, 3.8) is 0 Å². The number of fused-ring (bicyclic) bond motifs is 2. The Balaban J connectivity index is 1.42. The molecular weight excluding hydrogens is 404 g/mol. The van der Waals surface area contributed by atoms with Gasteiger partial charge in [-0.1, -0.05) is 64.5 Å². The zero-order chi connectivity index (χ0) is 22.8. The lowest BCUT2D eigenvalue weighted by molar-refractivity contribution is 0.105. The van der Waals surface area contributed by atoms with Crippen molar-refractivity contribution < 1.29 is 0 Å². The Bertz CT molecular complexity index is 926. The van der Waals surface area contributed by atoms with E-state index in [-0.39, 0.29) is 6.04 Å². The highest BCUT2D eigenvalue weighted by Gasteiger charge is 2.33. The van der Waals surface area contributed by atoms with E-state index in [0.717, 1.165) is 32.0 Å². The summed E-state index contributed by atoms with van der Waals surface area (Å²) in [5.74, 6) is 2.69. The van der Waals surface area contributed by atoms with Gasteiger partial charge in [0.25, 0.3) is 0 Å². The maximum Gasteiger partial charge on any atom is 0.126 e. The first kappa shape index (κ1) is 23.1. The van der Waals surface area contributed by atoms with Crippen LogP contribution in [0.4, 0.5) is 0 Å². The van der Waals surface area contributed by atoms with Gasteiger partial charge in [-0.15, -0.1) is 0 Å². The molecule has 5 rings (SSSR count). The Labute approximate surface area is 201 Å². The highest BCUT2D eigenvalue weighted by molar-refractivity contribution is 5.61. The topological polar surface area (TPSA) is 47.1 Å². The lowest BCUT2D eigenvalue weighted by atomic mass is 9.83. The van der Waals surface area contributed by atoms with E-state index in [9.17, 15) is 0 Å². The van der Waals surface area contributed by atoms with Crippen molar-refractivity contribution in [2.24, 2.45) is 17.6 Å². The molecule has 3 atom stereocenters. The summed E-state index contributed by atoms with van der Waals surface area (Å²) in [6.07, 6.45) is 16.9. The van der Waals surface area contributed by atoms with Crippen molar-refractivity contribution in [2.45, 2.75) is 103 Å². The van der Waals surface area contributed by atoms with E-state index >= 15 is 0 Å². The van der Waals surface area contributed by atoms with E-state index in [1.807, 2.05) is 0 Å². The van der Waals surface area contributed by atoms with Gasteiger partial charge >= 0.3 is 0 Å². The van der Waals surface area contributed by atoms with E-state index in [2.05, 4.69) is 47.7 Å². The normalized spacial score (nSPS) is 23.7. The molecule has 0 spiro atoms. The Morgan fingerprint density at radius 3 is 2.61 bits per heavy atom. The highest BCUT2D eigenvalue weighted by atomic mass is 15.3. The molecule has 1 aromatic heterocycles. The fourth-order valence-electron chi connectivity index (χ4n) is 6.43. The predicted molar refractivity (Wildman–Crippen MR) is 137 cm³/mol. The molecule has 0 amide bonds. The van der Waals surface area contributed by atoms with E-state index < -0.39 is 0 Å². The summed E-state index contributed by atoms with van der Waals surface area (Å²) in [5, 5.41) is 0. The molecule has 33 heavy (non-hydrogen) atoms. The summed E-state index contributed by atoms with van der Waals surface area (Å²) in [7, 11) is 0. The summed E-state index contributed by atoms with van der Waals surface area (Å²) < 4.78 is 2.47. The number of rotatable bonds is 7. The minimum absolute atomic E-state index is 0.241. The number of nitrogens with two attached hydrogens (primary N) is 1. The van der Waals surface area contributed by atoms with Crippen LogP contribution in [-0.4, -0.2) is 33.6 Å². The maximum absolute atomic E-state index is 6.67. The number of imidazole rings is 1. The maximum atomic E-state index is 6.67. The molecular formula is C29H44N4. The van der Waals surface area contributed by atoms with E-state index in [0.29, 0.717) is 12.0 Å². The standard InChI is InChI=1S/C29H44N4/c1-3-21(2)26(30)19-32-15-16-33-20-27(25-14-13-23-11-7-8-12-24(23)18-25)31-29(33)28(32)17-22-9-5-4-6-10-22/h13-14,18,20-22,26,28H,3-12,15-17,19,30H2,1-2H3/t21-,26+,28-/m0/s1. The average molecular weight is 449 g/mol. The Morgan fingerprint density at radius 1 is 1.03 bits per heavy atom. The van der Waals surface area contributed by atoms with Crippen molar-refractivity contribution >= 4 is 0 Å². The highest BCUT2D eigenvalue weighted by Crippen LogP contribution is 2.38. The minimum atomic E-state index is 0.241. The van der Waals surface area contributed by atoms with Crippen LogP contribution in [0.2, 0.25) is 0 Å². The molecule has 2 aliphatic carbocycles. The fraction of sp³-hybridized carbons (Fsp3) is 0.690. The van der Waals surface area contributed by atoms with Gasteiger partial charge in [0.05, 0.1) is 11.7 Å². The van der Waals surface area contributed by atoms with Gasteiger partial charge in [-0.2, -0.15) is 0 Å². The van der Waals surface area contributed by atoms with Crippen LogP contribution in [-0.2, 0) is 19.4 Å². The van der Waals surface area contributed by atoms with Crippen LogP contribution in [0.3, 0.4) is 0 Å². The molecule has 4 heteroatoms. The van der Waals surface area contributed by atoms with Gasteiger partial charge in [-0.25, -0.2) is 4.98 Å². The first-order valence-electron chi connectivity index (χ1n) is 13.8. The number of nitrogens with zero attached hydrogens (tertiary/aromatic N) is 3. The van der Waals surface area contributed by atoms with Crippen LogP contribution in [0, 0.1) is 11.8 Å². The number of hydrogen-bond donors (Lipinski definition) is 1. The quantitative estimate of drug-likeness (QED) is 0.554. The van der Waals surface area contributed by atoms with Crippen molar-refractivity contribution in [3.05, 3.63) is 41.3 Å². The van der Waals surface area contributed by atoms with Gasteiger partial charge in [-0.05, 0) is 61.1 Å². The third-order valence-electron chi connectivity index (χ3n) is 8.92. The lowest BCUT2D eigenvalue weighted by Gasteiger charge is -2.40. The third-order valence-corrected chi connectivity index (χ3v) is 8.92. The van der Waals surface area contributed by atoms with Gasteiger partial charge < -0.3 is 10.3 Å². The molecule has 1 saturated carbocycles. The van der Waals surface area contributed by atoms with Crippen molar-refractivity contribution in [3.8, 4) is 11.3 Å². The van der Waals surface area contributed by atoms with E-state index in [4.69, 9.17) is 10.7 Å². The SMILES string of the molecule is CC[C@H](C)[C@H](N)CN1CCn2cc(-c3ccc4c(c3)CCCC4)nc2[C@@H]1CC1CCCCC1. The van der Waals surface area contributed by atoms with Gasteiger partial charge in [-0.3, -0.25) is 4.90 Å². The van der Waals surface area contributed by atoms with Crippen LogP contribution in [0.1, 0.15) is 94.6 Å². The number of aryl methyl sites for hydroxylation is 2. The van der Waals surface area contributed by atoms with Gasteiger partial charge in [0.1, 0.15) is 5.82 Å². The molecule has 180 valence electrons. The molecule has 1 aliphatic heterocycles. The first-order chi connectivity index (χ1) is 16.1. The second-order valence-corrected chi connectivity index (χ2v) is 11.2. The summed E-state index contributed by atoms with van der Waals surface area (Å²) >= 11 is 0. The molecule has 4 nitrogen and oxygen atoms in total. The molecule has 0 bridgehead atoms. The number of aromatic nitrogens is 2. The molecule has 0 saturated heterocycles. The smallest absolute Gasteiger partial charge is 0.126 e. The molecule has 3 aliphatic rings. The predicted octanol–water partition coefficient (Wildman–Crippen LogP) is 6.13. The first-order valence-corrected chi connectivity index (χ1v) is 13.8. The van der Waals surface area contributed by atoms with Crippen molar-refractivity contribution in [2.75, 3.05) is 13.1 Å². The van der Waals surface area contributed by atoms with Crippen LogP contribution in [0.5, 0.6) is 0 Å². The minimum Gasteiger partial charge on any atom is -0.332 e. The van der Waals surface area contributed by atoms with Gasteiger partial charge in [0.2, 0.25) is 0 Å². The van der Waals surface area contributed by atoms with Gasteiger partial charge in [0.15, 0.2) is 0 Å². The second kappa shape index (κ2) is 10.3. The molecule has 2 heterocycles. The van der Waals surface area contributed by atoms with Crippen LogP contribution in [0.25, 0.3) is 11.3 Å². The Kier molecular flexibility index (Phi) is 7.22. The second-order valence-electron chi connectivity index (χ2n) is 11.2. The lowest BCUT2D eigenvalue weighted by Crippen LogP contribution is -2.47. The monoisotopic (exact) mass is 448 g/mol. The molecule has 1 fully saturated rings. The molecule has 2 aromatic rings. The van der Waals surface area contributed by atoms with Crippen LogP contribution >= 0.6 is 0 Å².